The molecule has 5 heteroatoms. The molecular formula is C23H26N4O. The van der Waals surface area contributed by atoms with E-state index >= 15 is 0 Å². The third-order valence-electron chi connectivity index (χ3n) is 5.07. The molecule has 0 spiro atoms. The summed E-state index contributed by atoms with van der Waals surface area (Å²) in [6.45, 7) is 15.0. The van der Waals surface area contributed by atoms with Gasteiger partial charge in [-0.05, 0) is 55.9 Å². The Balaban J connectivity index is 2.00. The highest BCUT2D eigenvalue weighted by atomic mass is 16.5. The molecule has 5 nitrogen and oxygen atoms in total. The molecular weight excluding hydrogens is 348 g/mol. The van der Waals surface area contributed by atoms with Crippen molar-refractivity contribution in [1.29, 1.82) is 0 Å². The lowest BCUT2D eigenvalue weighted by Gasteiger charge is -2.34. The summed E-state index contributed by atoms with van der Waals surface area (Å²) in [6, 6.07) is 6.58. The van der Waals surface area contributed by atoms with Crippen LogP contribution in [-0.2, 0) is 5.41 Å². The van der Waals surface area contributed by atoms with E-state index < -0.39 is 0 Å². The number of benzene rings is 1. The summed E-state index contributed by atoms with van der Waals surface area (Å²) in [5.41, 5.74) is 7.63. The molecule has 3 aromatic rings. The molecule has 0 fully saturated rings. The lowest BCUT2D eigenvalue weighted by atomic mass is 9.84. The van der Waals surface area contributed by atoms with Gasteiger partial charge in [0.05, 0.1) is 29.5 Å². The Morgan fingerprint density at radius 3 is 2.18 bits per heavy atom. The van der Waals surface area contributed by atoms with Gasteiger partial charge < -0.3 is 4.74 Å². The van der Waals surface area contributed by atoms with Gasteiger partial charge in [0.1, 0.15) is 0 Å². The van der Waals surface area contributed by atoms with E-state index in [0.29, 0.717) is 17.4 Å². The second-order valence-electron chi connectivity index (χ2n) is 8.58. The Hall–Kier alpha value is -2.95. The fourth-order valence-corrected chi connectivity index (χ4v) is 3.64. The zero-order valence-electron chi connectivity index (χ0n) is 17.6. The molecule has 1 aliphatic heterocycles. The molecule has 0 unspecified atom stereocenters. The first-order valence-electron chi connectivity index (χ1n) is 9.55. The molecule has 3 heterocycles. The number of pyridine rings is 1. The largest absolute Gasteiger partial charge is 0.432 e. The van der Waals surface area contributed by atoms with Gasteiger partial charge in [-0.15, -0.1) is 0 Å². The average Bonchev–Trinajstić information content (AvgIpc) is 2.60. The van der Waals surface area contributed by atoms with E-state index in [1.807, 2.05) is 19.9 Å². The van der Waals surface area contributed by atoms with Crippen LogP contribution in [0.2, 0.25) is 0 Å². The summed E-state index contributed by atoms with van der Waals surface area (Å²) in [6.07, 6.45) is 3.49. The van der Waals surface area contributed by atoms with Gasteiger partial charge >= 0.3 is 0 Å². The number of hydrogen-bond acceptors (Lipinski definition) is 5. The Morgan fingerprint density at radius 2 is 1.54 bits per heavy atom. The maximum atomic E-state index is 6.02. The van der Waals surface area contributed by atoms with E-state index in [2.05, 4.69) is 61.6 Å². The SMILES string of the molecule is Cc1cc2c(cn1)Oc1ncc(C)nc1N2c1c(C)cc(C(C)(C)C)cc1C. The van der Waals surface area contributed by atoms with Crippen LogP contribution in [0.25, 0.3) is 0 Å². The van der Waals surface area contributed by atoms with E-state index in [4.69, 9.17) is 9.72 Å². The molecule has 28 heavy (non-hydrogen) atoms. The first-order chi connectivity index (χ1) is 13.1. The van der Waals surface area contributed by atoms with Gasteiger partial charge in [0.25, 0.3) is 5.88 Å². The molecule has 0 N–H and O–H groups in total. The molecule has 0 saturated carbocycles. The van der Waals surface area contributed by atoms with Crippen LogP contribution in [0.5, 0.6) is 11.6 Å². The number of aryl methyl sites for hydroxylation is 4. The van der Waals surface area contributed by atoms with Crippen LogP contribution in [0.15, 0.2) is 30.6 Å². The Bertz CT molecular complexity index is 1010. The lowest BCUT2D eigenvalue weighted by Crippen LogP contribution is -2.21. The van der Waals surface area contributed by atoms with Gasteiger partial charge in [-0.3, -0.25) is 9.88 Å². The quantitative estimate of drug-likeness (QED) is 0.410. The fraction of sp³-hybridized carbons (Fsp3) is 0.348. The second kappa shape index (κ2) is 6.30. The van der Waals surface area contributed by atoms with Crippen molar-refractivity contribution in [2.75, 3.05) is 4.90 Å². The first-order valence-corrected chi connectivity index (χ1v) is 9.55. The standard InChI is InChI=1S/C23H26N4O/c1-13-8-17(23(5,6)7)9-14(2)20(13)27-18-10-15(3)24-12-19(18)28-22-21(27)26-16(4)11-25-22/h8-12H,1-7H3. The number of aromatic nitrogens is 3. The van der Waals surface area contributed by atoms with Crippen LogP contribution >= 0.6 is 0 Å². The van der Waals surface area contributed by atoms with E-state index in [1.165, 1.54) is 16.7 Å². The second-order valence-corrected chi connectivity index (χ2v) is 8.58. The molecule has 0 bridgehead atoms. The molecule has 0 saturated heterocycles. The summed E-state index contributed by atoms with van der Waals surface area (Å²) in [4.78, 5) is 15.8. The zero-order chi connectivity index (χ0) is 20.2. The highest BCUT2D eigenvalue weighted by Gasteiger charge is 2.31. The van der Waals surface area contributed by atoms with E-state index in [-0.39, 0.29) is 5.41 Å². The van der Waals surface area contributed by atoms with Crippen LogP contribution in [-0.4, -0.2) is 15.0 Å². The number of hydrogen-bond donors (Lipinski definition) is 0. The highest BCUT2D eigenvalue weighted by Crippen LogP contribution is 2.50. The monoisotopic (exact) mass is 374 g/mol. The fourth-order valence-electron chi connectivity index (χ4n) is 3.64. The van der Waals surface area contributed by atoms with Crippen LogP contribution in [0.4, 0.5) is 17.2 Å². The summed E-state index contributed by atoms with van der Waals surface area (Å²) in [7, 11) is 0. The molecule has 144 valence electrons. The van der Waals surface area contributed by atoms with Crippen LogP contribution in [0, 0.1) is 27.7 Å². The smallest absolute Gasteiger partial charge is 0.264 e. The van der Waals surface area contributed by atoms with Crippen LogP contribution in [0.1, 0.15) is 48.8 Å². The molecule has 0 atom stereocenters. The third kappa shape index (κ3) is 3.01. The van der Waals surface area contributed by atoms with Crippen molar-refractivity contribution in [2.24, 2.45) is 0 Å². The number of anilines is 3. The van der Waals surface area contributed by atoms with Crippen LogP contribution < -0.4 is 9.64 Å². The Kier molecular flexibility index (Phi) is 4.14. The summed E-state index contributed by atoms with van der Waals surface area (Å²) >= 11 is 0. The summed E-state index contributed by atoms with van der Waals surface area (Å²) in [5.74, 6) is 1.91. The molecule has 2 aromatic heterocycles. The van der Waals surface area contributed by atoms with Crippen molar-refractivity contribution in [3.05, 3.63) is 58.7 Å². The maximum absolute atomic E-state index is 6.02. The van der Waals surface area contributed by atoms with Gasteiger partial charge in [-0.25, -0.2) is 9.97 Å². The van der Waals surface area contributed by atoms with Crippen molar-refractivity contribution >= 4 is 17.2 Å². The molecule has 1 aromatic carbocycles. The van der Waals surface area contributed by atoms with Crippen molar-refractivity contribution in [3.63, 3.8) is 0 Å². The van der Waals surface area contributed by atoms with Gasteiger partial charge in [-0.1, -0.05) is 32.9 Å². The van der Waals surface area contributed by atoms with Crippen molar-refractivity contribution in [3.8, 4) is 11.6 Å². The predicted octanol–water partition coefficient (Wildman–Crippen LogP) is 5.98. The molecule has 4 rings (SSSR count). The maximum Gasteiger partial charge on any atom is 0.264 e. The van der Waals surface area contributed by atoms with Gasteiger partial charge in [0.15, 0.2) is 5.75 Å². The third-order valence-corrected chi connectivity index (χ3v) is 5.07. The number of rotatable bonds is 1. The summed E-state index contributed by atoms with van der Waals surface area (Å²) in [5, 5.41) is 0. The number of ether oxygens (including phenoxy) is 1. The molecule has 0 radical (unpaired) electrons. The lowest BCUT2D eigenvalue weighted by molar-refractivity contribution is 0.451. The van der Waals surface area contributed by atoms with Crippen molar-refractivity contribution in [2.45, 2.75) is 53.9 Å². The van der Waals surface area contributed by atoms with E-state index in [9.17, 15) is 0 Å². The minimum atomic E-state index is 0.0891. The predicted molar refractivity (Wildman–Crippen MR) is 112 cm³/mol. The minimum absolute atomic E-state index is 0.0891. The van der Waals surface area contributed by atoms with Gasteiger partial charge in [-0.2, -0.15) is 0 Å². The molecule has 0 amide bonds. The Labute approximate surface area is 166 Å². The van der Waals surface area contributed by atoms with Gasteiger partial charge in [0, 0.05) is 5.69 Å². The normalized spacial score (nSPS) is 13.0. The average molecular weight is 374 g/mol. The Morgan fingerprint density at radius 1 is 0.857 bits per heavy atom. The number of nitrogens with zero attached hydrogens (tertiary/aromatic N) is 4. The summed E-state index contributed by atoms with van der Waals surface area (Å²) < 4.78 is 6.02. The van der Waals surface area contributed by atoms with E-state index in [0.717, 1.165) is 22.8 Å². The molecule has 0 aliphatic carbocycles. The highest BCUT2D eigenvalue weighted by molar-refractivity contribution is 5.86. The van der Waals surface area contributed by atoms with Crippen molar-refractivity contribution < 1.29 is 4.74 Å². The number of fused-ring (bicyclic) bond motifs is 2. The zero-order valence-corrected chi connectivity index (χ0v) is 17.6. The minimum Gasteiger partial charge on any atom is -0.432 e. The van der Waals surface area contributed by atoms with Crippen molar-refractivity contribution in [1.82, 2.24) is 15.0 Å². The van der Waals surface area contributed by atoms with Gasteiger partial charge in [0.2, 0.25) is 5.82 Å². The molecule has 1 aliphatic rings. The first kappa shape index (κ1) is 18.4. The van der Waals surface area contributed by atoms with E-state index in [1.54, 1.807) is 12.4 Å². The van der Waals surface area contributed by atoms with Crippen LogP contribution in [0.3, 0.4) is 0 Å². The topological polar surface area (TPSA) is 51.1 Å².